The molecule has 0 saturated carbocycles. The Hall–Kier alpha value is -2.75. The first-order chi connectivity index (χ1) is 10.7. The fourth-order valence-corrected chi connectivity index (χ4v) is 2.08. The van der Waals surface area contributed by atoms with Gasteiger partial charge >= 0.3 is 0 Å². The van der Waals surface area contributed by atoms with Crippen LogP contribution in [0.2, 0.25) is 0 Å². The molecule has 0 radical (unpaired) electrons. The monoisotopic (exact) mass is 298 g/mol. The van der Waals surface area contributed by atoms with Crippen molar-refractivity contribution in [1.29, 1.82) is 0 Å². The highest BCUT2D eigenvalue weighted by molar-refractivity contribution is 5.77. The van der Waals surface area contributed by atoms with Crippen molar-refractivity contribution in [2.45, 2.75) is 0 Å². The van der Waals surface area contributed by atoms with Gasteiger partial charge in [0.05, 0.1) is 21.3 Å². The van der Waals surface area contributed by atoms with Crippen LogP contribution in [-0.4, -0.2) is 27.6 Å². The van der Waals surface area contributed by atoms with Crippen LogP contribution in [0.25, 0.3) is 12.2 Å². The van der Waals surface area contributed by atoms with Crippen molar-refractivity contribution in [2.75, 3.05) is 21.3 Å². The molecule has 0 N–H and O–H groups in total. The maximum Gasteiger partial charge on any atom is 0.203 e. The highest BCUT2D eigenvalue weighted by atomic mass is 16.5. The fraction of sp³-hybridized carbons (Fsp3) is 0.167. The molecule has 0 aromatic heterocycles. The summed E-state index contributed by atoms with van der Waals surface area (Å²) in [6.45, 7) is 0. The highest BCUT2D eigenvalue weighted by Crippen LogP contribution is 2.38. The van der Waals surface area contributed by atoms with Crippen molar-refractivity contribution in [3.05, 3.63) is 53.1 Å². The van der Waals surface area contributed by atoms with Crippen molar-refractivity contribution in [1.82, 2.24) is 0 Å². The zero-order valence-electron chi connectivity index (χ0n) is 12.8. The van der Waals surface area contributed by atoms with Gasteiger partial charge in [-0.15, -0.1) is 0 Å². The predicted octanol–water partition coefficient (Wildman–Crippen LogP) is 3.70. The molecule has 4 nitrogen and oxygen atoms in total. The number of carbonyl (C=O) groups excluding carboxylic acids is 1. The first kappa shape index (κ1) is 15.6. The summed E-state index contributed by atoms with van der Waals surface area (Å²) in [7, 11) is 4.75. The molecular weight excluding hydrogens is 280 g/mol. The largest absolute Gasteiger partial charge is 0.493 e. The van der Waals surface area contributed by atoms with Crippen molar-refractivity contribution >= 4 is 18.4 Å². The van der Waals surface area contributed by atoms with E-state index in [1.54, 1.807) is 33.5 Å². The van der Waals surface area contributed by atoms with E-state index in [4.69, 9.17) is 14.2 Å². The van der Waals surface area contributed by atoms with Crippen LogP contribution in [0.5, 0.6) is 17.2 Å². The number of rotatable bonds is 6. The summed E-state index contributed by atoms with van der Waals surface area (Å²) in [6, 6.07) is 11.1. The van der Waals surface area contributed by atoms with E-state index >= 15 is 0 Å². The number of hydrogen-bond donors (Lipinski definition) is 0. The molecule has 0 aliphatic rings. The molecular formula is C18H18O4. The molecule has 2 rings (SSSR count). The summed E-state index contributed by atoms with van der Waals surface area (Å²) in [6.07, 6.45) is 4.72. The molecule has 2 aromatic rings. The maximum absolute atomic E-state index is 10.6. The topological polar surface area (TPSA) is 44.8 Å². The van der Waals surface area contributed by atoms with Crippen LogP contribution in [0.15, 0.2) is 36.4 Å². The summed E-state index contributed by atoms with van der Waals surface area (Å²) in [5.41, 5.74) is 2.58. The van der Waals surface area contributed by atoms with Crippen LogP contribution in [0.3, 0.4) is 0 Å². The Kier molecular flexibility index (Phi) is 5.20. The zero-order valence-corrected chi connectivity index (χ0v) is 12.8. The van der Waals surface area contributed by atoms with E-state index < -0.39 is 0 Å². The Morgan fingerprint density at radius 3 is 1.68 bits per heavy atom. The standard InChI is InChI=1S/C18H18O4/c1-20-16-10-15(11-17(21-2)18(16)22-3)9-6-13-4-7-14(12-19)8-5-13/h4-12H,1-3H3. The normalized spacial score (nSPS) is 10.5. The minimum atomic E-state index is 0.567. The number of methoxy groups -OCH3 is 3. The second-order valence-electron chi connectivity index (χ2n) is 4.58. The average Bonchev–Trinajstić information content (AvgIpc) is 2.59. The number of ether oxygens (including phenoxy) is 3. The zero-order chi connectivity index (χ0) is 15.9. The lowest BCUT2D eigenvalue weighted by molar-refractivity contribution is 0.112. The van der Waals surface area contributed by atoms with Crippen molar-refractivity contribution < 1.29 is 19.0 Å². The van der Waals surface area contributed by atoms with Gasteiger partial charge in [0.2, 0.25) is 5.75 Å². The lowest BCUT2D eigenvalue weighted by Crippen LogP contribution is -1.95. The number of benzene rings is 2. The first-order valence-electron chi connectivity index (χ1n) is 6.75. The van der Waals surface area contributed by atoms with E-state index in [-0.39, 0.29) is 0 Å². The van der Waals surface area contributed by atoms with Crippen molar-refractivity contribution in [3.63, 3.8) is 0 Å². The number of hydrogen-bond acceptors (Lipinski definition) is 4. The fourth-order valence-electron chi connectivity index (χ4n) is 2.08. The van der Waals surface area contributed by atoms with Gasteiger partial charge in [-0.25, -0.2) is 0 Å². The number of aldehydes is 1. The summed E-state index contributed by atoms with van der Waals surface area (Å²) in [5, 5.41) is 0. The third-order valence-corrected chi connectivity index (χ3v) is 3.23. The van der Waals surface area contributed by atoms with Gasteiger partial charge < -0.3 is 14.2 Å². The van der Waals surface area contributed by atoms with Crippen LogP contribution in [0, 0.1) is 0 Å². The predicted molar refractivity (Wildman–Crippen MR) is 86.9 cm³/mol. The van der Waals surface area contributed by atoms with Gasteiger partial charge in [0.25, 0.3) is 0 Å². The molecule has 0 bridgehead atoms. The third-order valence-electron chi connectivity index (χ3n) is 3.23. The van der Waals surface area contributed by atoms with Gasteiger partial charge in [-0.05, 0) is 23.3 Å². The molecule has 0 amide bonds. The summed E-state index contributed by atoms with van der Waals surface area (Å²) < 4.78 is 15.9. The van der Waals surface area contributed by atoms with E-state index in [2.05, 4.69) is 0 Å². The molecule has 114 valence electrons. The molecule has 4 heteroatoms. The van der Waals surface area contributed by atoms with Crippen LogP contribution in [0.1, 0.15) is 21.5 Å². The van der Waals surface area contributed by atoms with Gasteiger partial charge in [-0.3, -0.25) is 4.79 Å². The highest BCUT2D eigenvalue weighted by Gasteiger charge is 2.11. The molecule has 22 heavy (non-hydrogen) atoms. The molecule has 0 unspecified atom stereocenters. The van der Waals surface area contributed by atoms with Crippen LogP contribution in [0.4, 0.5) is 0 Å². The summed E-state index contributed by atoms with van der Waals surface area (Å²) in [4.78, 5) is 10.6. The van der Waals surface area contributed by atoms with Crippen LogP contribution in [-0.2, 0) is 0 Å². The lowest BCUT2D eigenvalue weighted by atomic mass is 10.1. The van der Waals surface area contributed by atoms with E-state index in [9.17, 15) is 4.79 Å². The van der Waals surface area contributed by atoms with Crippen molar-refractivity contribution in [2.24, 2.45) is 0 Å². The smallest absolute Gasteiger partial charge is 0.203 e. The molecule has 2 aromatic carbocycles. The van der Waals surface area contributed by atoms with E-state index in [0.29, 0.717) is 22.8 Å². The molecule has 0 heterocycles. The molecule has 0 atom stereocenters. The van der Waals surface area contributed by atoms with Gasteiger partial charge in [0, 0.05) is 5.56 Å². The molecule has 0 aliphatic carbocycles. The van der Waals surface area contributed by atoms with Crippen molar-refractivity contribution in [3.8, 4) is 17.2 Å². The summed E-state index contributed by atoms with van der Waals surface area (Å²) in [5.74, 6) is 1.79. The summed E-state index contributed by atoms with van der Waals surface area (Å²) >= 11 is 0. The Morgan fingerprint density at radius 2 is 1.23 bits per heavy atom. The molecule has 0 aliphatic heterocycles. The van der Waals surface area contributed by atoms with Gasteiger partial charge in [0.15, 0.2) is 11.5 Å². The van der Waals surface area contributed by atoms with Gasteiger partial charge in [-0.2, -0.15) is 0 Å². The molecule has 0 saturated heterocycles. The Balaban J connectivity index is 2.31. The van der Waals surface area contributed by atoms with Crippen LogP contribution < -0.4 is 14.2 Å². The molecule has 0 spiro atoms. The molecule has 0 fully saturated rings. The SMILES string of the molecule is COc1cc(C=Cc2ccc(C=O)cc2)cc(OC)c1OC. The van der Waals surface area contributed by atoms with E-state index in [1.807, 2.05) is 36.4 Å². The Morgan fingerprint density at radius 1 is 0.727 bits per heavy atom. The van der Waals surface area contributed by atoms with Gasteiger partial charge in [-0.1, -0.05) is 36.4 Å². The quantitative estimate of drug-likeness (QED) is 0.602. The minimum Gasteiger partial charge on any atom is -0.493 e. The third kappa shape index (κ3) is 3.47. The maximum atomic E-state index is 10.6. The second kappa shape index (κ2) is 7.31. The van der Waals surface area contributed by atoms with E-state index in [0.717, 1.165) is 17.4 Å². The minimum absolute atomic E-state index is 0.567. The average molecular weight is 298 g/mol. The second-order valence-corrected chi connectivity index (χ2v) is 4.58. The van der Waals surface area contributed by atoms with Gasteiger partial charge in [0.1, 0.15) is 6.29 Å². The van der Waals surface area contributed by atoms with E-state index in [1.165, 1.54) is 0 Å². The number of carbonyl (C=O) groups is 1. The Bertz CT molecular complexity index is 647. The van der Waals surface area contributed by atoms with Crippen LogP contribution >= 0.6 is 0 Å². The first-order valence-corrected chi connectivity index (χ1v) is 6.75. The lowest BCUT2D eigenvalue weighted by Gasteiger charge is -2.12. The Labute approximate surface area is 129 Å².